The monoisotopic (exact) mass is 907 g/mol. The van der Waals surface area contributed by atoms with Gasteiger partial charge in [0.25, 0.3) is 0 Å². The molecule has 0 saturated carbocycles. The third-order valence-electron chi connectivity index (χ3n) is 11.7. The van der Waals surface area contributed by atoms with Crippen LogP contribution in [0.3, 0.4) is 0 Å². The summed E-state index contributed by atoms with van der Waals surface area (Å²) in [6.07, 6.45) is 67.3. The average molecular weight is 907 g/mol. The highest BCUT2D eigenvalue weighted by molar-refractivity contribution is 5.71. The minimum Gasteiger partial charge on any atom is -0.462 e. The Morgan fingerprint density at radius 1 is 0.308 bits per heavy atom. The maximum absolute atomic E-state index is 12.8. The fourth-order valence-electron chi connectivity index (χ4n) is 7.47. The molecule has 65 heavy (non-hydrogen) atoms. The predicted molar refractivity (Wildman–Crippen MR) is 279 cm³/mol. The predicted octanol–water partition coefficient (Wildman–Crippen LogP) is 18.2. The summed E-state index contributed by atoms with van der Waals surface area (Å²) in [5, 5.41) is 0. The first kappa shape index (κ1) is 61.9. The standard InChI is InChI=1S/C59H102O6/c1-4-7-10-13-16-19-22-25-28-29-32-34-37-40-43-46-49-52-58(61)64-55-56(65-59(62)53-50-47-44-41-38-35-31-27-24-21-18-15-12-9-6-3)54-63-57(60)51-48-45-42-39-36-33-30-26-23-20-17-14-11-8-5-2/h16-21,25-28,30-31,56H,4-15,22-24,29,32-55H2,1-3H3. The Morgan fingerprint density at radius 3 is 0.846 bits per heavy atom. The van der Waals surface area contributed by atoms with E-state index < -0.39 is 6.10 Å². The highest BCUT2D eigenvalue weighted by Crippen LogP contribution is 2.14. The molecular formula is C59H102O6. The van der Waals surface area contributed by atoms with Crippen molar-refractivity contribution in [3.63, 3.8) is 0 Å². The largest absolute Gasteiger partial charge is 0.462 e. The number of ether oxygens (including phenoxy) is 3. The molecule has 0 radical (unpaired) electrons. The van der Waals surface area contributed by atoms with E-state index >= 15 is 0 Å². The maximum Gasteiger partial charge on any atom is 0.306 e. The van der Waals surface area contributed by atoms with Crippen molar-refractivity contribution in [3.05, 3.63) is 72.9 Å². The molecule has 0 spiro atoms. The summed E-state index contributed by atoms with van der Waals surface area (Å²) in [6, 6.07) is 0. The molecule has 0 aromatic carbocycles. The number of rotatable bonds is 49. The van der Waals surface area contributed by atoms with E-state index in [9.17, 15) is 14.4 Å². The summed E-state index contributed by atoms with van der Waals surface area (Å²) in [5.74, 6) is -0.921. The fraction of sp³-hybridized carbons (Fsp3) is 0.746. The minimum atomic E-state index is -0.792. The average Bonchev–Trinajstić information content (AvgIpc) is 3.30. The second-order valence-electron chi connectivity index (χ2n) is 18.1. The molecule has 0 bridgehead atoms. The van der Waals surface area contributed by atoms with E-state index in [1.807, 2.05) is 0 Å². The first-order valence-electron chi connectivity index (χ1n) is 27.4. The topological polar surface area (TPSA) is 78.9 Å². The van der Waals surface area contributed by atoms with Gasteiger partial charge in [-0.25, -0.2) is 0 Å². The molecule has 0 saturated heterocycles. The number of unbranched alkanes of at least 4 members (excludes halogenated alkanes) is 26. The van der Waals surface area contributed by atoms with Crippen LogP contribution in [-0.2, 0) is 28.6 Å². The molecule has 0 rings (SSSR count). The third kappa shape index (κ3) is 51.7. The zero-order valence-corrected chi connectivity index (χ0v) is 42.7. The van der Waals surface area contributed by atoms with Crippen LogP contribution in [0.15, 0.2) is 72.9 Å². The van der Waals surface area contributed by atoms with Gasteiger partial charge in [0.05, 0.1) is 0 Å². The van der Waals surface area contributed by atoms with Gasteiger partial charge < -0.3 is 14.2 Å². The second-order valence-corrected chi connectivity index (χ2v) is 18.1. The van der Waals surface area contributed by atoms with Crippen molar-refractivity contribution in [1.82, 2.24) is 0 Å². The van der Waals surface area contributed by atoms with Crippen LogP contribution in [0.1, 0.15) is 265 Å². The molecule has 0 heterocycles. The van der Waals surface area contributed by atoms with Crippen LogP contribution in [0.4, 0.5) is 0 Å². The molecule has 0 amide bonds. The third-order valence-corrected chi connectivity index (χ3v) is 11.7. The van der Waals surface area contributed by atoms with E-state index in [1.54, 1.807) is 0 Å². The van der Waals surface area contributed by atoms with E-state index in [1.165, 1.54) is 109 Å². The van der Waals surface area contributed by atoms with Gasteiger partial charge in [0, 0.05) is 19.3 Å². The van der Waals surface area contributed by atoms with Crippen LogP contribution < -0.4 is 0 Å². The number of hydrogen-bond donors (Lipinski definition) is 0. The minimum absolute atomic E-state index is 0.0899. The number of esters is 3. The van der Waals surface area contributed by atoms with E-state index in [0.717, 1.165) is 116 Å². The van der Waals surface area contributed by atoms with E-state index in [4.69, 9.17) is 14.2 Å². The molecule has 0 aromatic heterocycles. The number of carbonyl (C=O) groups is 3. The van der Waals surface area contributed by atoms with Gasteiger partial charge in [-0.1, -0.05) is 203 Å². The van der Waals surface area contributed by atoms with Crippen LogP contribution in [-0.4, -0.2) is 37.2 Å². The Hall–Kier alpha value is -3.15. The highest BCUT2D eigenvalue weighted by Gasteiger charge is 2.19. The van der Waals surface area contributed by atoms with Crippen molar-refractivity contribution >= 4 is 17.9 Å². The smallest absolute Gasteiger partial charge is 0.306 e. The van der Waals surface area contributed by atoms with E-state index in [-0.39, 0.29) is 31.1 Å². The molecule has 0 aliphatic rings. The van der Waals surface area contributed by atoms with Crippen LogP contribution in [0.5, 0.6) is 0 Å². The van der Waals surface area contributed by atoms with Crippen molar-refractivity contribution in [2.75, 3.05) is 13.2 Å². The van der Waals surface area contributed by atoms with E-state index in [0.29, 0.717) is 19.3 Å². The van der Waals surface area contributed by atoms with E-state index in [2.05, 4.69) is 93.7 Å². The lowest BCUT2D eigenvalue weighted by Crippen LogP contribution is -2.30. The van der Waals surface area contributed by atoms with Crippen LogP contribution in [0.25, 0.3) is 0 Å². The zero-order valence-electron chi connectivity index (χ0n) is 42.7. The molecule has 0 aromatic rings. The lowest BCUT2D eigenvalue weighted by atomic mass is 10.1. The molecule has 6 nitrogen and oxygen atoms in total. The summed E-state index contributed by atoms with van der Waals surface area (Å²) < 4.78 is 16.8. The molecule has 0 aliphatic carbocycles. The molecule has 0 fully saturated rings. The molecule has 374 valence electrons. The molecule has 6 heteroatoms. The Labute approximate surface area is 402 Å². The lowest BCUT2D eigenvalue weighted by Gasteiger charge is -2.18. The van der Waals surface area contributed by atoms with Gasteiger partial charge in [-0.15, -0.1) is 0 Å². The van der Waals surface area contributed by atoms with Gasteiger partial charge in [0.15, 0.2) is 6.10 Å². The summed E-state index contributed by atoms with van der Waals surface area (Å²) in [7, 11) is 0. The zero-order chi connectivity index (χ0) is 47.2. The quantitative estimate of drug-likeness (QED) is 0.0262. The van der Waals surface area contributed by atoms with Crippen molar-refractivity contribution in [3.8, 4) is 0 Å². The van der Waals surface area contributed by atoms with Crippen molar-refractivity contribution in [2.45, 2.75) is 271 Å². The van der Waals surface area contributed by atoms with Crippen molar-refractivity contribution in [1.29, 1.82) is 0 Å². The summed E-state index contributed by atoms with van der Waals surface area (Å²) in [4.78, 5) is 38.1. The van der Waals surface area contributed by atoms with Gasteiger partial charge in [-0.05, 0) is 116 Å². The Bertz CT molecular complexity index is 1230. The number of allylic oxidation sites excluding steroid dienone is 12. The summed E-state index contributed by atoms with van der Waals surface area (Å²) >= 11 is 0. The Balaban J connectivity index is 4.44. The van der Waals surface area contributed by atoms with Crippen molar-refractivity contribution in [2.24, 2.45) is 0 Å². The molecule has 0 N–H and O–H groups in total. The summed E-state index contributed by atoms with van der Waals surface area (Å²) in [6.45, 7) is 6.54. The van der Waals surface area contributed by atoms with Gasteiger partial charge in [-0.2, -0.15) is 0 Å². The van der Waals surface area contributed by atoms with Crippen LogP contribution in [0, 0.1) is 0 Å². The van der Waals surface area contributed by atoms with Gasteiger partial charge in [0.1, 0.15) is 13.2 Å². The fourth-order valence-corrected chi connectivity index (χ4v) is 7.47. The Morgan fingerprint density at radius 2 is 0.554 bits per heavy atom. The molecule has 1 unspecified atom stereocenters. The number of carbonyl (C=O) groups excluding carboxylic acids is 3. The maximum atomic E-state index is 12.8. The number of hydrogen-bond acceptors (Lipinski definition) is 6. The summed E-state index contributed by atoms with van der Waals surface area (Å²) in [5.41, 5.74) is 0. The van der Waals surface area contributed by atoms with Gasteiger partial charge >= 0.3 is 17.9 Å². The SMILES string of the molecule is CCCCCC=CCC=CCCCCCCCCCC(=O)OCC(COC(=O)CCCCCCCC=CCC=CCCCCC)OC(=O)CCCCCCCC=CCC=CCCCCC. The first-order valence-corrected chi connectivity index (χ1v) is 27.4. The first-order chi connectivity index (χ1) is 32.0. The Kier molecular flexibility index (Phi) is 50.9. The molecule has 0 aliphatic heterocycles. The normalized spacial score (nSPS) is 12.6. The lowest BCUT2D eigenvalue weighted by molar-refractivity contribution is -0.167. The van der Waals surface area contributed by atoms with Crippen LogP contribution in [0.2, 0.25) is 0 Å². The second kappa shape index (κ2) is 53.5. The van der Waals surface area contributed by atoms with Gasteiger partial charge in [-0.3, -0.25) is 14.4 Å². The molecular weight excluding hydrogens is 805 g/mol. The highest BCUT2D eigenvalue weighted by atomic mass is 16.6. The van der Waals surface area contributed by atoms with Gasteiger partial charge in [0.2, 0.25) is 0 Å². The van der Waals surface area contributed by atoms with Crippen molar-refractivity contribution < 1.29 is 28.6 Å². The molecule has 1 atom stereocenters. The van der Waals surface area contributed by atoms with Crippen LogP contribution >= 0.6 is 0 Å².